The first-order chi connectivity index (χ1) is 17.7. The van der Waals surface area contributed by atoms with Crippen LogP contribution in [0.5, 0.6) is 0 Å². The number of amides is 1. The lowest BCUT2D eigenvalue weighted by molar-refractivity contribution is -0.132. The maximum absolute atomic E-state index is 13.5. The maximum atomic E-state index is 13.5. The van der Waals surface area contributed by atoms with E-state index in [1.807, 2.05) is 6.07 Å². The van der Waals surface area contributed by atoms with E-state index in [1.165, 1.54) is 4.90 Å². The van der Waals surface area contributed by atoms with Crippen molar-refractivity contribution in [2.75, 3.05) is 11.5 Å². The molecule has 1 aliphatic heterocycles. The molecule has 0 saturated carbocycles. The number of carbonyl (C=O) groups is 3. The van der Waals surface area contributed by atoms with Crippen molar-refractivity contribution in [3.05, 3.63) is 86.8 Å². The van der Waals surface area contributed by atoms with Crippen molar-refractivity contribution < 1.29 is 24.2 Å². The number of aromatic nitrogens is 3. The van der Waals surface area contributed by atoms with Gasteiger partial charge in [0.1, 0.15) is 16.2 Å². The summed E-state index contributed by atoms with van der Waals surface area (Å²) in [5, 5.41) is 12.1. The molecule has 4 heterocycles. The maximum Gasteiger partial charge on any atom is 0.350 e. The molecule has 1 fully saturated rings. The molecule has 9 nitrogen and oxygen atoms in total. The van der Waals surface area contributed by atoms with Crippen LogP contribution in [-0.2, 0) is 14.3 Å². The van der Waals surface area contributed by atoms with E-state index in [-0.39, 0.29) is 27.9 Å². The quantitative estimate of drug-likeness (QED) is 0.167. The molecule has 188 valence electrons. The molecule has 5 rings (SSSR count). The number of halogens is 1. The highest BCUT2D eigenvalue weighted by atomic mass is 35.5. The van der Waals surface area contributed by atoms with Gasteiger partial charge in [0.2, 0.25) is 0 Å². The number of hydrogen-bond donors (Lipinski definition) is 1. The van der Waals surface area contributed by atoms with Crippen molar-refractivity contribution in [1.29, 1.82) is 0 Å². The number of fused-ring (bicyclic) bond motifs is 1. The van der Waals surface area contributed by atoms with Crippen LogP contribution in [-0.4, -0.2) is 43.7 Å². The summed E-state index contributed by atoms with van der Waals surface area (Å²) in [6, 6.07) is 11.0. The molecule has 1 aliphatic rings. The minimum atomic E-state index is -1.05. The summed E-state index contributed by atoms with van der Waals surface area (Å²) in [7, 11) is 0. The highest BCUT2D eigenvalue weighted by molar-refractivity contribution is 7.17. The van der Waals surface area contributed by atoms with E-state index in [1.54, 1.807) is 67.8 Å². The van der Waals surface area contributed by atoms with Gasteiger partial charge in [-0.1, -0.05) is 41.1 Å². The number of thiazole rings is 1. The van der Waals surface area contributed by atoms with Gasteiger partial charge in [0.25, 0.3) is 5.78 Å². The number of hydrogen-bond acceptors (Lipinski definition) is 8. The van der Waals surface area contributed by atoms with Crippen molar-refractivity contribution in [2.24, 2.45) is 0 Å². The Morgan fingerprint density at radius 2 is 1.92 bits per heavy atom. The zero-order valence-electron chi connectivity index (χ0n) is 20.1. The Balaban J connectivity index is 1.75. The molecule has 11 heteroatoms. The number of aliphatic hydroxyl groups excluding tert-OH is 1. The average Bonchev–Trinajstić information content (AvgIpc) is 3.49. The van der Waals surface area contributed by atoms with Gasteiger partial charge in [-0.2, -0.15) is 0 Å². The van der Waals surface area contributed by atoms with Gasteiger partial charge in [0.15, 0.2) is 10.9 Å². The van der Waals surface area contributed by atoms with E-state index in [0.717, 1.165) is 11.3 Å². The predicted molar refractivity (Wildman–Crippen MR) is 139 cm³/mol. The molecule has 1 N–H and O–H groups in total. The average molecular weight is 537 g/mol. The fourth-order valence-electron chi connectivity index (χ4n) is 4.42. The number of rotatable bonds is 5. The molecule has 1 saturated heterocycles. The minimum absolute atomic E-state index is 0.126. The first-order valence-corrected chi connectivity index (χ1v) is 12.6. The Labute approximate surface area is 220 Å². The third-order valence-corrected chi connectivity index (χ3v) is 7.36. The third kappa shape index (κ3) is 4.08. The number of benzene rings is 1. The lowest BCUT2D eigenvalue weighted by Gasteiger charge is -2.23. The predicted octanol–water partition coefficient (Wildman–Crippen LogP) is 4.86. The summed E-state index contributed by atoms with van der Waals surface area (Å²) in [5.41, 5.74) is 2.07. The second kappa shape index (κ2) is 9.45. The number of anilines is 1. The Hall–Kier alpha value is -4.02. The van der Waals surface area contributed by atoms with Crippen LogP contribution in [0.2, 0.25) is 5.02 Å². The van der Waals surface area contributed by atoms with Crippen LogP contribution in [0.15, 0.2) is 54.2 Å². The Morgan fingerprint density at radius 3 is 2.65 bits per heavy atom. The van der Waals surface area contributed by atoms with E-state index in [2.05, 4.69) is 9.97 Å². The lowest BCUT2D eigenvalue weighted by Crippen LogP contribution is -2.29. The highest BCUT2D eigenvalue weighted by Gasteiger charge is 2.49. The molecule has 3 aromatic heterocycles. The molecular formula is C26H21ClN4O5S. The third-order valence-electron chi connectivity index (χ3n) is 5.99. The topological polar surface area (TPSA) is 114 Å². The number of esters is 1. The molecule has 0 aliphatic carbocycles. The van der Waals surface area contributed by atoms with Gasteiger partial charge >= 0.3 is 11.9 Å². The molecule has 1 unspecified atom stereocenters. The molecule has 0 spiro atoms. The van der Waals surface area contributed by atoms with Crippen LogP contribution in [0, 0.1) is 13.8 Å². The number of pyridine rings is 1. The van der Waals surface area contributed by atoms with Crippen LogP contribution in [0.25, 0.3) is 11.4 Å². The van der Waals surface area contributed by atoms with Gasteiger partial charge in [0, 0.05) is 11.2 Å². The standard InChI is InChI=1S/C26H21ClN4O5S/c1-4-36-25(35)23-14(3)29-26(37-23)31-20(15-8-7-9-16(27)12-15)18(22(33)24(31)34)21(32)19-13(2)28-17-10-5-6-11-30(17)19/h5-12,20,32H,4H2,1-3H3/b21-18+. The van der Waals surface area contributed by atoms with Gasteiger partial charge in [-0.25, -0.2) is 14.8 Å². The minimum Gasteiger partial charge on any atom is -0.505 e. The van der Waals surface area contributed by atoms with Crippen molar-refractivity contribution in [3.63, 3.8) is 0 Å². The molecule has 37 heavy (non-hydrogen) atoms. The summed E-state index contributed by atoms with van der Waals surface area (Å²) in [4.78, 5) is 49.7. The number of imidazole rings is 1. The second-order valence-corrected chi connectivity index (χ2v) is 9.74. The molecule has 1 atom stereocenters. The van der Waals surface area contributed by atoms with Crippen molar-refractivity contribution in [1.82, 2.24) is 14.4 Å². The van der Waals surface area contributed by atoms with Crippen LogP contribution >= 0.6 is 22.9 Å². The molecule has 0 bridgehead atoms. The molecule has 4 aromatic rings. The smallest absolute Gasteiger partial charge is 0.350 e. The fraction of sp³-hybridized carbons (Fsp3) is 0.192. The van der Waals surface area contributed by atoms with Crippen LogP contribution < -0.4 is 4.90 Å². The zero-order chi connectivity index (χ0) is 26.4. The van der Waals surface area contributed by atoms with E-state index in [9.17, 15) is 19.5 Å². The number of ketones is 1. The number of aryl methyl sites for hydroxylation is 2. The second-order valence-electron chi connectivity index (χ2n) is 8.33. The molecular weight excluding hydrogens is 516 g/mol. The molecule has 0 radical (unpaired) electrons. The van der Waals surface area contributed by atoms with Crippen molar-refractivity contribution in [2.45, 2.75) is 26.8 Å². The Bertz CT molecular complexity index is 1620. The monoisotopic (exact) mass is 536 g/mol. The summed E-state index contributed by atoms with van der Waals surface area (Å²) >= 11 is 7.21. The van der Waals surface area contributed by atoms with Gasteiger partial charge < -0.3 is 9.84 Å². The van der Waals surface area contributed by atoms with E-state index in [4.69, 9.17) is 16.3 Å². The van der Waals surface area contributed by atoms with Gasteiger partial charge in [-0.3, -0.25) is 18.9 Å². The highest BCUT2D eigenvalue weighted by Crippen LogP contribution is 2.44. The summed E-state index contributed by atoms with van der Waals surface area (Å²) in [6.45, 7) is 5.20. The summed E-state index contributed by atoms with van der Waals surface area (Å²) in [5.74, 6) is -2.72. The summed E-state index contributed by atoms with van der Waals surface area (Å²) < 4.78 is 6.76. The van der Waals surface area contributed by atoms with E-state index < -0.39 is 23.7 Å². The normalized spacial score (nSPS) is 17.1. The van der Waals surface area contributed by atoms with E-state index in [0.29, 0.717) is 33.3 Å². The first-order valence-electron chi connectivity index (χ1n) is 11.4. The number of carbonyl (C=O) groups excluding carboxylic acids is 3. The van der Waals surface area contributed by atoms with Crippen LogP contribution in [0.1, 0.15) is 45.3 Å². The first kappa shape index (κ1) is 24.7. The SMILES string of the molecule is CCOC(=O)c1sc(N2C(=O)C(=O)/C(=C(/O)c3c(C)nc4ccccn34)C2c2cccc(Cl)c2)nc1C. The largest absolute Gasteiger partial charge is 0.505 e. The van der Waals surface area contributed by atoms with Crippen molar-refractivity contribution in [3.8, 4) is 0 Å². The lowest BCUT2D eigenvalue weighted by atomic mass is 9.96. The number of aliphatic hydroxyl groups is 1. The summed E-state index contributed by atoms with van der Waals surface area (Å²) in [6.07, 6.45) is 1.71. The van der Waals surface area contributed by atoms with Crippen molar-refractivity contribution >= 4 is 57.1 Å². The number of nitrogens with zero attached hydrogens (tertiary/aromatic N) is 4. The molecule has 1 aromatic carbocycles. The van der Waals surface area contributed by atoms with E-state index >= 15 is 0 Å². The van der Waals surface area contributed by atoms with Gasteiger partial charge in [-0.15, -0.1) is 0 Å². The number of ether oxygens (including phenoxy) is 1. The van der Waals surface area contributed by atoms with Gasteiger partial charge in [-0.05, 0) is 50.6 Å². The van der Waals surface area contributed by atoms with Crippen LogP contribution in [0.3, 0.4) is 0 Å². The van der Waals surface area contributed by atoms with Crippen LogP contribution in [0.4, 0.5) is 5.13 Å². The zero-order valence-corrected chi connectivity index (χ0v) is 21.6. The molecule has 1 amide bonds. The van der Waals surface area contributed by atoms with Gasteiger partial charge in [0.05, 0.1) is 29.6 Å². The Morgan fingerprint density at radius 1 is 1.14 bits per heavy atom. The number of Topliss-reactive ketones (excluding diaryl/α,β-unsaturated/α-hetero) is 1. The fourth-order valence-corrected chi connectivity index (χ4v) is 5.61. The Kier molecular flexibility index (Phi) is 6.30.